The number of hydrogen-bond acceptors (Lipinski definition) is 4. The molecule has 0 bridgehead atoms. The van der Waals surface area contributed by atoms with Crippen LogP contribution in [0.5, 0.6) is 0 Å². The van der Waals surface area contributed by atoms with Crippen LogP contribution in [0.25, 0.3) is 0 Å². The molecule has 1 aromatic heterocycles. The van der Waals surface area contributed by atoms with Gasteiger partial charge in [0.05, 0.1) is 6.04 Å². The third-order valence-corrected chi connectivity index (χ3v) is 3.31. The normalized spacial score (nSPS) is 25.8. The fourth-order valence-corrected chi connectivity index (χ4v) is 2.73. The molecule has 0 unspecified atom stereocenters. The topological polar surface area (TPSA) is 66.7 Å². The van der Waals surface area contributed by atoms with Crippen molar-refractivity contribution in [2.24, 2.45) is 0 Å². The number of rotatable bonds is 1. The van der Waals surface area contributed by atoms with Crippen LogP contribution in [-0.4, -0.2) is 36.3 Å². The van der Waals surface area contributed by atoms with E-state index in [0.717, 1.165) is 12.8 Å². The number of hydrogen-bond donors (Lipinski definition) is 0. The number of aromatic nitrogens is 4. The minimum absolute atomic E-state index is 0.199. The van der Waals surface area contributed by atoms with Crippen molar-refractivity contribution in [3.05, 3.63) is 6.33 Å². The molecule has 89 valence electrons. The maximum Gasteiger partial charge on any atom is 0.138 e. The van der Waals surface area contributed by atoms with Crippen LogP contribution in [0.2, 0.25) is 0 Å². The van der Waals surface area contributed by atoms with Crippen molar-refractivity contribution >= 4 is 0 Å². The van der Waals surface area contributed by atoms with Crippen LogP contribution >= 0.6 is 0 Å². The van der Waals surface area contributed by atoms with Gasteiger partial charge in [0.25, 0.3) is 0 Å². The lowest BCUT2D eigenvalue weighted by Gasteiger charge is -2.49. The smallest absolute Gasteiger partial charge is 0.138 e. The number of nitrogens with zero attached hydrogens (tertiary/aromatic N) is 5. The average Bonchev–Trinajstić information content (AvgIpc) is 2.65. The van der Waals surface area contributed by atoms with Crippen LogP contribution in [0.15, 0.2) is 6.33 Å². The largest absolute Gasteiger partial charge is 0.229 e. The fraction of sp³-hybridized carbons (Fsp3) is 0.900. The maximum atomic E-state index is 12.1. The summed E-state index contributed by atoms with van der Waals surface area (Å²) in [5.74, 6) is 0. The Hall–Kier alpha value is -1.01. The SMILES string of the molecule is CC1(C)CC(n2cnnn2)CC(C)(C)N1[O]. The van der Waals surface area contributed by atoms with E-state index in [4.69, 9.17) is 0 Å². The van der Waals surface area contributed by atoms with Crippen LogP contribution in [0.4, 0.5) is 0 Å². The zero-order chi connectivity index (χ0) is 12.0. The Morgan fingerprint density at radius 2 is 1.75 bits per heavy atom. The molecule has 0 amide bonds. The van der Waals surface area contributed by atoms with Gasteiger partial charge in [-0.3, -0.25) is 0 Å². The average molecular weight is 224 g/mol. The highest BCUT2D eigenvalue weighted by molar-refractivity contribution is 4.97. The molecule has 0 saturated carbocycles. The maximum absolute atomic E-state index is 12.1. The van der Waals surface area contributed by atoms with Crippen LogP contribution in [-0.2, 0) is 5.21 Å². The summed E-state index contributed by atoms with van der Waals surface area (Å²) < 4.78 is 1.76. The Morgan fingerprint density at radius 3 is 2.19 bits per heavy atom. The molecule has 2 heterocycles. The molecular formula is C10H18N5O. The number of tetrazole rings is 1. The van der Waals surface area contributed by atoms with Crippen molar-refractivity contribution in [2.75, 3.05) is 0 Å². The van der Waals surface area contributed by atoms with Gasteiger partial charge in [-0.1, -0.05) is 0 Å². The minimum Gasteiger partial charge on any atom is -0.229 e. The first-order chi connectivity index (χ1) is 7.33. The molecule has 0 aromatic carbocycles. The van der Waals surface area contributed by atoms with Gasteiger partial charge in [-0.15, -0.1) is 15.4 Å². The van der Waals surface area contributed by atoms with Gasteiger partial charge in [0.15, 0.2) is 0 Å². The van der Waals surface area contributed by atoms with E-state index in [0.29, 0.717) is 0 Å². The summed E-state index contributed by atoms with van der Waals surface area (Å²) >= 11 is 0. The molecule has 1 aliphatic rings. The van der Waals surface area contributed by atoms with Crippen LogP contribution in [0.1, 0.15) is 46.6 Å². The summed E-state index contributed by atoms with van der Waals surface area (Å²) in [5, 5.41) is 24.6. The monoisotopic (exact) mass is 224 g/mol. The van der Waals surface area contributed by atoms with Crippen LogP contribution < -0.4 is 0 Å². The molecule has 1 radical (unpaired) electrons. The predicted molar refractivity (Wildman–Crippen MR) is 56.8 cm³/mol. The van der Waals surface area contributed by atoms with Crippen LogP contribution in [0.3, 0.4) is 0 Å². The van der Waals surface area contributed by atoms with E-state index < -0.39 is 0 Å². The van der Waals surface area contributed by atoms with Gasteiger partial charge in [-0.2, -0.15) is 0 Å². The first kappa shape index (κ1) is 11.5. The molecule has 2 rings (SSSR count). The second-order valence-electron chi connectivity index (χ2n) is 5.77. The van der Waals surface area contributed by atoms with Crippen molar-refractivity contribution in [1.29, 1.82) is 0 Å². The molecule has 6 heteroatoms. The number of hydroxylamine groups is 2. The van der Waals surface area contributed by atoms with Crippen molar-refractivity contribution < 1.29 is 5.21 Å². The molecule has 6 nitrogen and oxygen atoms in total. The molecule has 16 heavy (non-hydrogen) atoms. The summed E-state index contributed by atoms with van der Waals surface area (Å²) in [5.41, 5.74) is -0.753. The standard InChI is InChI=1S/C10H18N5O/c1-9(2)5-8(14-7-11-12-13-14)6-10(3,4)15(9)16/h7-8H,5-6H2,1-4H3. The molecule has 0 N–H and O–H groups in total. The minimum atomic E-state index is -0.377. The summed E-state index contributed by atoms with van der Waals surface area (Å²) in [6.45, 7) is 7.88. The third kappa shape index (κ3) is 1.82. The second-order valence-corrected chi connectivity index (χ2v) is 5.77. The first-order valence-electron chi connectivity index (χ1n) is 5.53. The molecule has 0 spiro atoms. The molecular weight excluding hydrogens is 206 g/mol. The predicted octanol–water partition coefficient (Wildman–Crippen LogP) is 1.21. The first-order valence-corrected chi connectivity index (χ1v) is 5.53. The van der Waals surface area contributed by atoms with E-state index in [1.54, 1.807) is 11.0 Å². The van der Waals surface area contributed by atoms with Gasteiger partial charge < -0.3 is 0 Å². The molecule has 0 atom stereocenters. The van der Waals surface area contributed by atoms with E-state index in [2.05, 4.69) is 15.5 Å². The fourth-order valence-electron chi connectivity index (χ4n) is 2.73. The summed E-state index contributed by atoms with van der Waals surface area (Å²) in [6, 6.07) is 0.199. The van der Waals surface area contributed by atoms with E-state index in [-0.39, 0.29) is 17.1 Å². The Morgan fingerprint density at radius 1 is 1.19 bits per heavy atom. The van der Waals surface area contributed by atoms with Gasteiger partial charge in [-0.25, -0.2) is 4.68 Å². The highest BCUT2D eigenvalue weighted by atomic mass is 16.5. The highest BCUT2D eigenvalue weighted by Crippen LogP contribution is 2.41. The molecule has 1 aliphatic heterocycles. The van der Waals surface area contributed by atoms with Crippen molar-refractivity contribution in [2.45, 2.75) is 57.7 Å². The van der Waals surface area contributed by atoms with Crippen molar-refractivity contribution in [1.82, 2.24) is 25.3 Å². The Bertz CT molecular complexity index is 341. The molecule has 1 fully saturated rings. The lowest BCUT2D eigenvalue weighted by atomic mass is 9.79. The second kappa shape index (κ2) is 3.49. The van der Waals surface area contributed by atoms with E-state index in [1.165, 1.54) is 5.06 Å². The van der Waals surface area contributed by atoms with Gasteiger partial charge in [0, 0.05) is 11.1 Å². The van der Waals surface area contributed by atoms with Gasteiger partial charge in [0.1, 0.15) is 6.33 Å². The lowest BCUT2D eigenvalue weighted by molar-refractivity contribution is -0.293. The van der Waals surface area contributed by atoms with Gasteiger partial charge in [-0.05, 0) is 51.0 Å². The third-order valence-electron chi connectivity index (χ3n) is 3.31. The van der Waals surface area contributed by atoms with E-state index in [9.17, 15) is 5.21 Å². The lowest BCUT2D eigenvalue weighted by Crippen LogP contribution is -2.58. The van der Waals surface area contributed by atoms with Crippen molar-refractivity contribution in [3.63, 3.8) is 0 Å². The van der Waals surface area contributed by atoms with Gasteiger partial charge in [0.2, 0.25) is 0 Å². The summed E-state index contributed by atoms with van der Waals surface area (Å²) in [6.07, 6.45) is 3.16. The number of piperidine rings is 1. The highest BCUT2D eigenvalue weighted by Gasteiger charge is 2.46. The quantitative estimate of drug-likeness (QED) is 0.719. The molecule has 1 aromatic rings. The summed E-state index contributed by atoms with van der Waals surface area (Å²) in [7, 11) is 0. The Labute approximate surface area is 95.2 Å². The molecule has 0 aliphatic carbocycles. The zero-order valence-corrected chi connectivity index (χ0v) is 10.2. The molecule has 1 saturated heterocycles. The van der Waals surface area contributed by atoms with E-state index >= 15 is 0 Å². The van der Waals surface area contributed by atoms with E-state index in [1.807, 2.05) is 27.7 Å². The Kier molecular flexibility index (Phi) is 2.51. The van der Waals surface area contributed by atoms with Crippen LogP contribution in [0, 0.1) is 0 Å². The summed E-state index contributed by atoms with van der Waals surface area (Å²) in [4.78, 5) is 0. The Balaban J connectivity index is 2.26. The van der Waals surface area contributed by atoms with Gasteiger partial charge >= 0.3 is 0 Å². The zero-order valence-electron chi connectivity index (χ0n) is 10.2. The van der Waals surface area contributed by atoms with Crippen molar-refractivity contribution in [3.8, 4) is 0 Å².